The third kappa shape index (κ3) is 4.51. The largest absolute Gasteiger partial charge is 0.435 e. The number of benzene rings is 2. The summed E-state index contributed by atoms with van der Waals surface area (Å²) < 4.78 is 52.9. The lowest BCUT2D eigenvalue weighted by Crippen LogP contribution is -2.47. The minimum atomic E-state index is -3.06. The van der Waals surface area contributed by atoms with Crippen LogP contribution >= 0.6 is 0 Å². The Hall–Kier alpha value is -2.81. The van der Waals surface area contributed by atoms with E-state index in [-0.39, 0.29) is 41.3 Å². The zero-order valence-corrected chi connectivity index (χ0v) is 19.4. The number of sulfone groups is 1. The first-order valence-electron chi connectivity index (χ1n) is 10.7. The lowest BCUT2D eigenvalue weighted by molar-refractivity contribution is -0.119. The van der Waals surface area contributed by atoms with E-state index in [1.54, 1.807) is 31.2 Å². The van der Waals surface area contributed by atoms with Gasteiger partial charge in [0, 0.05) is 23.5 Å². The molecule has 1 saturated heterocycles. The van der Waals surface area contributed by atoms with Gasteiger partial charge in [0.1, 0.15) is 5.75 Å². The molecule has 0 spiro atoms. The molecule has 2 aliphatic heterocycles. The van der Waals surface area contributed by atoms with Crippen LogP contribution in [0, 0.1) is 11.3 Å². The molecule has 6 nitrogen and oxygen atoms in total. The molecule has 9 heteroatoms. The van der Waals surface area contributed by atoms with Gasteiger partial charge in [-0.3, -0.25) is 14.5 Å². The smallest absolute Gasteiger partial charge is 0.387 e. The number of alkyl halides is 2. The Morgan fingerprint density at radius 3 is 2.48 bits per heavy atom. The van der Waals surface area contributed by atoms with Gasteiger partial charge in [-0.25, -0.2) is 8.42 Å². The fourth-order valence-electron chi connectivity index (χ4n) is 4.89. The zero-order valence-electron chi connectivity index (χ0n) is 18.5. The first kappa shape index (κ1) is 23.4. The summed E-state index contributed by atoms with van der Waals surface area (Å²) in [7, 11) is -3.06. The Bertz CT molecular complexity index is 1210. The van der Waals surface area contributed by atoms with Crippen molar-refractivity contribution in [3.63, 3.8) is 0 Å². The molecule has 2 aromatic carbocycles. The van der Waals surface area contributed by atoms with Gasteiger partial charge in [-0.2, -0.15) is 8.78 Å². The SMILES string of the molecule is CC(C)C1C(=O)N(c2cccc(OC(F)F)c2)c2ccc(C(=O)CC3(C)CS(=O)(=O)C3)cc21. The number of nitrogens with zero attached hydrogens (tertiary/aromatic N) is 1. The van der Waals surface area contributed by atoms with Gasteiger partial charge in [0.15, 0.2) is 15.6 Å². The molecule has 33 heavy (non-hydrogen) atoms. The number of ether oxygens (including phenoxy) is 1. The summed E-state index contributed by atoms with van der Waals surface area (Å²) in [5.41, 5.74) is 1.52. The van der Waals surface area contributed by atoms with Gasteiger partial charge in [0.2, 0.25) is 5.91 Å². The van der Waals surface area contributed by atoms with Crippen LogP contribution in [0.3, 0.4) is 0 Å². The number of carbonyl (C=O) groups excluding carboxylic acids is 2. The number of hydrogen-bond donors (Lipinski definition) is 0. The van der Waals surface area contributed by atoms with Gasteiger partial charge in [0.25, 0.3) is 0 Å². The number of ketones is 1. The number of halogens is 2. The maximum absolute atomic E-state index is 13.4. The van der Waals surface area contributed by atoms with E-state index in [2.05, 4.69) is 4.74 Å². The Labute approximate surface area is 191 Å². The third-order valence-corrected chi connectivity index (χ3v) is 8.38. The molecule has 0 saturated carbocycles. The predicted octanol–water partition coefficient (Wildman–Crippen LogP) is 4.71. The van der Waals surface area contributed by atoms with E-state index in [1.165, 1.54) is 23.1 Å². The predicted molar refractivity (Wildman–Crippen MR) is 120 cm³/mol. The van der Waals surface area contributed by atoms with E-state index in [1.807, 2.05) is 13.8 Å². The summed E-state index contributed by atoms with van der Waals surface area (Å²) in [5.74, 6) is -1.02. The second-order valence-electron chi connectivity index (χ2n) is 9.49. The van der Waals surface area contributed by atoms with Gasteiger partial charge < -0.3 is 4.74 Å². The standard InChI is InChI=1S/C24H25F2NO5S/c1-14(2)21-18-9-15(20(28)11-24(3)12-33(30,31)13-24)7-8-19(18)27(22(21)29)16-5-4-6-17(10-16)32-23(25)26/h4-10,14,21,23H,11-13H2,1-3H3. The minimum Gasteiger partial charge on any atom is -0.435 e. The van der Waals surface area contributed by atoms with Crippen LogP contribution in [-0.4, -0.2) is 38.2 Å². The molecule has 1 atom stereocenters. The van der Waals surface area contributed by atoms with Crippen molar-refractivity contribution in [2.45, 2.75) is 39.7 Å². The number of amides is 1. The van der Waals surface area contributed by atoms with Crippen LogP contribution in [0.2, 0.25) is 0 Å². The van der Waals surface area contributed by atoms with Gasteiger partial charge in [-0.1, -0.05) is 26.8 Å². The highest BCUT2D eigenvalue weighted by Gasteiger charge is 2.46. The lowest BCUT2D eigenvalue weighted by atomic mass is 9.84. The highest BCUT2D eigenvalue weighted by Crippen LogP contribution is 2.46. The molecular weight excluding hydrogens is 452 g/mol. The molecule has 2 aromatic rings. The van der Waals surface area contributed by atoms with Crippen molar-refractivity contribution in [3.8, 4) is 5.75 Å². The summed E-state index contributed by atoms with van der Waals surface area (Å²) in [6.45, 7) is 2.61. The molecule has 176 valence electrons. The molecule has 1 amide bonds. The Morgan fingerprint density at radius 1 is 1.18 bits per heavy atom. The number of Topliss-reactive ketones (excluding diaryl/α,β-unsaturated/α-hetero) is 1. The second-order valence-corrected chi connectivity index (χ2v) is 11.6. The Morgan fingerprint density at radius 2 is 1.88 bits per heavy atom. The number of rotatable bonds is 7. The van der Waals surface area contributed by atoms with Crippen molar-refractivity contribution in [2.24, 2.45) is 11.3 Å². The first-order valence-corrected chi connectivity index (χ1v) is 12.5. The van der Waals surface area contributed by atoms with Crippen molar-refractivity contribution in [3.05, 3.63) is 53.6 Å². The normalized spacial score (nSPS) is 20.6. The van der Waals surface area contributed by atoms with Gasteiger partial charge in [-0.05, 0) is 41.8 Å². The average molecular weight is 478 g/mol. The van der Waals surface area contributed by atoms with Crippen molar-refractivity contribution in [1.82, 2.24) is 0 Å². The van der Waals surface area contributed by atoms with Crippen molar-refractivity contribution >= 4 is 32.9 Å². The van der Waals surface area contributed by atoms with Crippen molar-refractivity contribution in [2.75, 3.05) is 16.4 Å². The van der Waals surface area contributed by atoms with Crippen LogP contribution in [0.1, 0.15) is 49.0 Å². The fraction of sp³-hybridized carbons (Fsp3) is 0.417. The van der Waals surface area contributed by atoms with Gasteiger partial charge in [-0.15, -0.1) is 0 Å². The van der Waals surface area contributed by atoms with Crippen molar-refractivity contribution < 1.29 is 31.5 Å². The summed E-state index contributed by atoms with van der Waals surface area (Å²) in [4.78, 5) is 27.8. The van der Waals surface area contributed by atoms with E-state index >= 15 is 0 Å². The number of anilines is 2. The van der Waals surface area contributed by atoms with E-state index in [0.717, 1.165) is 0 Å². The van der Waals surface area contributed by atoms with Crippen LogP contribution in [0.15, 0.2) is 42.5 Å². The molecule has 0 N–H and O–H groups in total. The molecule has 4 rings (SSSR count). The molecule has 1 unspecified atom stereocenters. The summed E-state index contributed by atoms with van der Waals surface area (Å²) in [6, 6.07) is 11.0. The van der Waals surface area contributed by atoms with E-state index in [0.29, 0.717) is 22.5 Å². The molecular formula is C24H25F2NO5S. The number of carbonyl (C=O) groups is 2. The zero-order chi connectivity index (χ0) is 24.1. The quantitative estimate of drug-likeness (QED) is 0.540. The molecule has 0 aromatic heterocycles. The maximum Gasteiger partial charge on any atom is 0.387 e. The van der Waals surface area contributed by atoms with Crippen LogP contribution in [-0.2, 0) is 14.6 Å². The highest BCUT2D eigenvalue weighted by molar-refractivity contribution is 7.92. The highest BCUT2D eigenvalue weighted by atomic mass is 32.2. The van der Waals surface area contributed by atoms with E-state index < -0.39 is 27.8 Å². The van der Waals surface area contributed by atoms with Crippen LogP contribution in [0.5, 0.6) is 5.75 Å². The summed E-state index contributed by atoms with van der Waals surface area (Å²) in [6.07, 6.45) is 0.113. The number of fused-ring (bicyclic) bond motifs is 1. The van der Waals surface area contributed by atoms with Gasteiger partial charge >= 0.3 is 6.61 Å². The summed E-state index contributed by atoms with van der Waals surface area (Å²) >= 11 is 0. The van der Waals surface area contributed by atoms with Crippen LogP contribution in [0.4, 0.5) is 20.2 Å². The second kappa shape index (κ2) is 8.20. The maximum atomic E-state index is 13.4. The molecule has 2 heterocycles. The van der Waals surface area contributed by atoms with Gasteiger partial charge in [0.05, 0.1) is 28.8 Å². The fourth-order valence-corrected chi connectivity index (χ4v) is 7.14. The Kier molecular flexibility index (Phi) is 5.80. The summed E-state index contributed by atoms with van der Waals surface area (Å²) in [5, 5.41) is 0. The lowest BCUT2D eigenvalue weighted by Gasteiger charge is -2.37. The molecule has 0 aliphatic carbocycles. The molecule has 1 fully saturated rings. The average Bonchev–Trinajstić information content (AvgIpc) is 2.96. The topological polar surface area (TPSA) is 80.8 Å². The monoisotopic (exact) mass is 477 g/mol. The molecule has 0 radical (unpaired) electrons. The van der Waals surface area contributed by atoms with Crippen LogP contribution < -0.4 is 9.64 Å². The number of hydrogen-bond acceptors (Lipinski definition) is 5. The van der Waals surface area contributed by atoms with E-state index in [4.69, 9.17) is 0 Å². The molecule has 0 bridgehead atoms. The van der Waals surface area contributed by atoms with Crippen molar-refractivity contribution in [1.29, 1.82) is 0 Å². The van der Waals surface area contributed by atoms with E-state index in [9.17, 15) is 26.8 Å². The minimum absolute atomic E-state index is 0.00536. The molecule has 2 aliphatic rings. The first-order chi connectivity index (χ1) is 15.4. The Balaban J connectivity index is 1.67. The third-order valence-electron chi connectivity index (χ3n) is 6.10. The van der Waals surface area contributed by atoms with Crippen LogP contribution in [0.25, 0.3) is 0 Å².